The number of nitro groups is 1. The fourth-order valence-electron chi connectivity index (χ4n) is 1.60. The lowest BCUT2D eigenvalue weighted by molar-refractivity contribution is -0.385. The van der Waals surface area contributed by atoms with Gasteiger partial charge in [-0.2, -0.15) is 5.10 Å². The monoisotopic (exact) mass is 281 g/mol. The minimum absolute atomic E-state index is 0.00899. The van der Waals surface area contributed by atoms with Crippen molar-refractivity contribution >= 4 is 23.3 Å². The number of aromatic carboxylic acids is 1. The molecule has 1 aromatic carbocycles. The Balaban J connectivity index is 2.37. The number of benzene rings is 1. The van der Waals surface area contributed by atoms with Gasteiger partial charge in [-0.3, -0.25) is 14.8 Å². The van der Waals surface area contributed by atoms with Crippen LogP contribution in [-0.2, 0) is 6.54 Å². The number of rotatable bonds is 4. The van der Waals surface area contributed by atoms with Crippen LogP contribution in [0.15, 0.2) is 30.6 Å². The maximum atomic E-state index is 10.9. The van der Waals surface area contributed by atoms with Crippen molar-refractivity contribution in [1.29, 1.82) is 0 Å². The first kappa shape index (κ1) is 13.0. The molecule has 0 amide bonds. The summed E-state index contributed by atoms with van der Waals surface area (Å²) in [6.07, 6.45) is 2.46. The lowest BCUT2D eigenvalue weighted by atomic mass is 10.2. The lowest BCUT2D eigenvalue weighted by Crippen LogP contribution is -2.04. The maximum Gasteiger partial charge on any atom is 0.338 e. The van der Waals surface area contributed by atoms with Gasteiger partial charge in [-0.25, -0.2) is 4.79 Å². The fourth-order valence-corrected chi connectivity index (χ4v) is 1.83. The van der Waals surface area contributed by atoms with E-state index in [9.17, 15) is 14.9 Å². The van der Waals surface area contributed by atoms with Crippen molar-refractivity contribution in [3.8, 4) is 0 Å². The largest absolute Gasteiger partial charge is 0.478 e. The van der Waals surface area contributed by atoms with E-state index < -0.39 is 10.9 Å². The normalized spacial score (nSPS) is 10.4. The molecule has 2 aromatic rings. The third-order valence-electron chi connectivity index (χ3n) is 2.49. The second-order valence-corrected chi connectivity index (χ2v) is 4.13. The number of aromatic nitrogens is 2. The van der Waals surface area contributed by atoms with Gasteiger partial charge in [-0.15, -0.1) is 0 Å². The molecule has 98 valence electrons. The molecule has 0 saturated heterocycles. The van der Waals surface area contributed by atoms with E-state index in [2.05, 4.69) is 5.10 Å². The second kappa shape index (κ2) is 5.07. The van der Waals surface area contributed by atoms with Crippen LogP contribution in [-0.4, -0.2) is 25.8 Å². The van der Waals surface area contributed by atoms with E-state index in [1.54, 1.807) is 0 Å². The summed E-state index contributed by atoms with van der Waals surface area (Å²) in [5.74, 6) is -1.11. The van der Waals surface area contributed by atoms with Crippen LogP contribution in [0.25, 0.3) is 0 Å². The van der Waals surface area contributed by atoms with E-state index in [1.807, 2.05) is 0 Å². The number of hydrogen-bond donors (Lipinski definition) is 1. The van der Waals surface area contributed by atoms with Gasteiger partial charge in [0.05, 0.1) is 33.8 Å². The molecule has 0 aliphatic heterocycles. The van der Waals surface area contributed by atoms with Gasteiger partial charge in [0.2, 0.25) is 0 Å². The zero-order valence-electron chi connectivity index (χ0n) is 9.49. The number of nitro benzene ring substituents is 1. The molecule has 0 atom stereocenters. The Hall–Kier alpha value is -2.41. The van der Waals surface area contributed by atoms with Gasteiger partial charge in [0, 0.05) is 12.3 Å². The molecule has 0 spiro atoms. The van der Waals surface area contributed by atoms with E-state index in [0.29, 0.717) is 0 Å². The van der Waals surface area contributed by atoms with E-state index >= 15 is 0 Å². The number of nitrogens with zero attached hydrogens (tertiary/aromatic N) is 3. The van der Waals surface area contributed by atoms with Gasteiger partial charge in [-0.05, 0) is 6.07 Å². The highest BCUT2D eigenvalue weighted by molar-refractivity contribution is 6.31. The molecule has 19 heavy (non-hydrogen) atoms. The van der Waals surface area contributed by atoms with Crippen molar-refractivity contribution in [2.45, 2.75) is 6.54 Å². The van der Waals surface area contributed by atoms with E-state index in [1.165, 1.54) is 35.3 Å². The Morgan fingerprint density at radius 3 is 2.84 bits per heavy atom. The summed E-state index contributed by atoms with van der Waals surface area (Å²) in [6.45, 7) is 0.0310. The van der Waals surface area contributed by atoms with Gasteiger partial charge in [0.25, 0.3) is 5.69 Å². The Bertz CT molecular complexity index is 653. The van der Waals surface area contributed by atoms with Crippen molar-refractivity contribution < 1.29 is 14.8 Å². The Morgan fingerprint density at radius 2 is 2.26 bits per heavy atom. The van der Waals surface area contributed by atoms with Crippen molar-refractivity contribution in [2.75, 3.05) is 0 Å². The summed E-state index contributed by atoms with van der Waals surface area (Å²) >= 11 is 5.93. The summed E-state index contributed by atoms with van der Waals surface area (Å²) < 4.78 is 1.29. The summed E-state index contributed by atoms with van der Waals surface area (Å²) in [7, 11) is 0. The quantitative estimate of drug-likeness (QED) is 0.684. The molecule has 0 bridgehead atoms. The highest BCUT2D eigenvalue weighted by atomic mass is 35.5. The third kappa shape index (κ3) is 2.71. The molecule has 0 aliphatic rings. The van der Waals surface area contributed by atoms with E-state index in [0.717, 1.165) is 0 Å². The van der Waals surface area contributed by atoms with Crippen LogP contribution in [0, 0.1) is 10.1 Å². The average molecular weight is 282 g/mol. The van der Waals surface area contributed by atoms with Gasteiger partial charge in [0.1, 0.15) is 0 Å². The molecule has 0 radical (unpaired) electrons. The van der Waals surface area contributed by atoms with Crippen LogP contribution in [0.2, 0.25) is 5.02 Å². The smallest absolute Gasteiger partial charge is 0.338 e. The summed E-state index contributed by atoms with van der Waals surface area (Å²) in [6, 6.07) is 4.35. The Labute approximate surface area is 112 Å². The topological polar surface area (TPSA) is 98.3 Å². The number of halogens is 1. The summed E-state index contributed by atoms with van der Waals surface area (Å²) in [5.41, 5.74) is 0.170. The lowest BCUT2D eigenvalue weighted by Gasteiger charge is -2.05. The number of carbonyl (C=O) groups is 1. The number of carboxylic acid groups (broad SMARTS) is 1. The Kier molecular flexibility index (Phi) is 3.48. The highest BCUT2D eigenvalue weighted by Gasteiger charge is 2.17. The van der Waals surface area contributed by atoms with Crippen molar-refractivity contribution in [2.24, 2.45) is 0 Å². The van der Waals surface area contributed by atoms with Crippen LogP contribution < -0.4 is 0 Å². The molecule has 0 unspecified atom stereocenters. The predicted octanol–water partition coefficient (Wildman–Crippen LogP) is 2.19. The van der Waals surface area contributed by atoms with E-state index in [4.69, 9.17) is 16.7 Å². The molecule has 2 rings (SSSR count). The standard InChI is InChI=1S/C11H8ClN3O4/c12-9-2-1-3-10(15(18)19)8(9)6-14-5-7(4-13-14)11(16)17/h1-5H,6H2,(H,16,17). The van der Waals surface area contributed by atoms with Crippen molar-refractivity contribution in [3.05, 3.63) is 56.9 Å². The average Bonchev–Trinajstić information content (AvgIpc) is 2.80. The predicted molar refractivity (Wildman–Crippen MR) is 66.4 cm³/mol. The molecule has 1 N–H and O–H groups in total. The van der Waals surface area contributed by atoms with Gasteiger partial charge in [-0.1, -0.05) is 17.7 Å². The molecule has 1 aromatic heterocycles. The first-order valence-corrected chi connectivity index (χ1v) is 5.54. The van der Waals surface area contributed by atoms with Crippen LogP contribution in [0.1, 0.15) is 15.9 Å². The van der Waals surface area contributed by atoms with E-state index in [-0.39, 0.29) is 28.4 Å². The number of carboxylic acids is 1. The van der Waals surface area contributed by atoms with Crippen LogP contribution in [0.5, 0.6) is 0 Å². The molecule has 0 aliphatic carbocycles. The third-order valence-corrected chi connectivity index (χ3v) is 2.85. The van der Waals surface area contributed by atoms with Crippen LogP contribution >= 0.6 is 11.6 Å². The highest BCUT2D eigenvalue weighted by Crippen LogP contribution is 2.26. The first-order chi connectivity index (χ1) is 8.99. The molecular formula is C11H8ClN3O4. The van der Waals surface area contributed by atoms with Crippen molar-refractivity contribution in [1.82, 2.24) is 9.78 Å². The second-order valence-electron chi connectivity index (χ2n) is 3.73. The summed E-state index contributed by atoms with van der Waals surface area (Å²) in [4.78, 5) is 21.1. The zero-order chi connectivity index (χ0) is 14.0. The zero-order valence-corrected chi connectivity index (χ0v) is 10.2. The molecule has 0 saturated carbocycles. The van der Waals surface area contributed by atoms with Crippen LogP contribution in [0.4, 0.5) is 5.69 Å². The summed E-state index contributed by atoms with van der Waals surface area (Å²) in [5, 5.41) is 23.7. The van der Waals surface area contributed by atoms with Gasteiger partial charge >= 0.3 is 5.97 Å². The Morgan fingerprint density at radius 1 is 1.53 bits per heavy atom. The molecule has 1 heterocycles. The first-order valence-electron chi connectivity index (χ1n) is 5.16. The van der Waals surface area contributed by atoms with Gasteiger partial charge < -0.3 is 5.11 Å². The molecule has 8 heteroatoms. The van der Waals surface area contributed by atoms with Crippen molar-refractivity contribution in [3.63, 3.8) is 0 Å². The van der Waals surface area contributed by atoms with Gasteiger partial charge in [0.15, 0.2) is 0 Å². The van der Waals surface area contributed by atoms with Crippen LogP contribution in [0.3, 0.4) is 0 Å². The molecule has 0 fully saturated rings. The molecule has 7 nitrogen and oxygen atoms in total. The fraction of sp³-hybridized carbons (Fsp3) is 0.0909. The maximum absolute atomic E-state index is 10.9. The molecular weight excluding hydrogens is 274 g/mol. The SMILES string of the molecule is O=C(O)c1cnn(Cc2c(Cl)cccc2[N+](=O)[O-])c1. The minimum Gasteiger partial charge on any atom is -0.478 e. The number of hydrogen-bond acceptors (Lipinski definition) is 4. The minimum atomic E-state index is -1.11.